The maximum atomic E-state index is 11.1. The van der Waals surface area contributed by atoms with E-state index in [1.807, 2.05) is 37.3 Å². The number of hydrogen-bond donors (Lipinski definition) is 0. The van der Waals surface area contributed by atoms with Crippen LogP contribution in [0.2, 0.25) is 0 Å². The molecule has 0 spiro atoms. The van der Waals surface area contributed by atoms with Crippen molar-refractivity contribution in [2.24, 2.45) is 0 Å². The molecule has 2 atom stereocenters. The molecule has 16 heavy (non-hydrogen) atoms. The lowest BCUT2D eigenvalue weighted by molar-refractivity contribution is -0.144. The molecule has 1 aliphatic heterocycles. The maximum Gasteiger partial charge on any atom is 0.305 e. The Kier molecular flexibility index (Phi) is 3.57. The number of ether oxygens (including phenoxy) is 2. The highest BCUT2D eigenvalue weighted by Crippen LogP contribution is 2.38. The minimum atomic E-state index is -0.134. The number of rotatable bonds is 5. The van der Waals surface area contributed by atoms with Gasteiger partial charge in [0.25, 0.3) is 0 Å². The van der Waals surface area contributed by atoms with Gasteiger partial charge in [0.2, 0.25) is 0 Å². The van der Waals surface area contributed by atoms with Crippen molar-refractivity contribution >= 4 is 5.97 Å². The van der Waals surface area contributed by atoms with Crippen molar-refractivity contribution in [2.75, 3.05) is 6.61 Å². The highest BCUT2D eigenvalue weighted by Gasteiger charge is 2.40. The molecule has 1 aromatic rings. The molecule has 2 rings (SSSR count). The second kappa shape index (κ2) is 5.12. The van der Waals surface area contributed by atoms with Crippen LogP contribution in [0.3, 0.4) is 0 Å². The van der Waals surface area contributed by atoms with Gasteiger partial charge in [0.05, 0.1) is 0 Å². The van der Waals surface area contributed by atoms with Gasteiger partial charge in [-0.3, -0.25) is 4.79 Å². The van der Waals surface area contributed by atoms with Crippen LogP contribution in [0, 0.1) is 0 Å². The first-order valence-corrected chi connectivity index (χ1v) is 5.67. The zero-order valence-corrected chi connectivity index (χ0v) is 9.39. The summed E-state index contributed by atoms with van der Waals surface area (Å²) in [5.41, 5.74) is 1.15. The normalized spacial score (nSPS) is 22.8. The molecule has 1 aromatic carbocycles. The van der Waals surface area contributed by atoms with Gasteiger partial charge in [-0.25, -0.2) is 0 Å². The summed E-state index contributed by atoms with van der Waals surface area (Å²) in [5, 5.41) is 0. The number of epoxide rings is 1. The minimum Gasteiger partial charge on any atom is -0.463 e. The van der Waals surface area contributed by atoms with E-state index in [2.05, 4.69) is 0 Å². The molecule has 0 aliphatic carbocycles. The molecule has 0 radical (unpaired) electrons. The lowest BCUT2D eigenvalue weighted by atomic mass is 10.1. The first-order valence-electron chi connectivity index (χ1n) is 5.67. The predicted octanol–water partition coefficient (Wildman–Crippen LogP) is 2.47. The van der Waals surface area contributed by atoms with Crippen molar-refractivity contribution in [3.05, 3.63) is 35.9 Å². The Balaban J connectivity index is 1.74. The molecular formula is C13H16O3. The summed E-state index contributed by atoms with van der Waals surface area (Å²) in [6, 6.07) is 9.99. The Morgan fingerprint density at radius 2 is 2.12 bits per heavy atom. The van der Waals surface area contributed by atoms with Crippen LogP contribution >= 0.6 is 0 Å². The number of carbonyl (C=O) groups excluding carboxylic acids is 1. The number of carbonyl (C=O) groups is 1. The van der Waals surface area contributed by atoms with Gasteiger partial charge in [0.15, 0.2) is 0 Å². The van der Waals surface area contributed by atoms with E-state index in [9.17, 15) is 4.79 Å². The monoisotopic (exact) mass is 220 g/mol. The molecular weight excluding hydrogens is 204 g/mol. The van der Waals surface area contributed by atoms with Gasteiger partial charge < -0.3 is 9.47 Å². The third-order valence-electron chi connectivity index (χ3n) is 2.57. The Bertz CT molecular complexity index is 347. The van der Waals surface area contributed by atoms with E-state index in [0.29, 0.717) is 13.0 Å². The van der Waals surface area contributed by atoms with E-state index < -0.39 is 0 Å². The van der Waals surface area contributed by atoms with E-state index in [-0.39, 0.29) is 18.2 Å². The summed E-state index contributed by atoms with van der Waals surface area (Å²) in [4.78, 5) is 11.1. The smallest absolute Gasteiger partial charge is 0.305 e. The van der Waals surface area contributed by atoms with Crippen molar-refractivity contribution in [3.63, 3.8) is 0 Å². The maximum absolute atomic E-state index is 11.1. The van der Waals surface area contributed by atoms with Crippen molar-refractivity contribution in [2.45, 2.75) is 32.0 Å². The van der Waals surface area contributed by atoms with Gasteiger partial charge in [-0.1, -0.05) is 37.3 Å². The quantitative estimate of drug-likeness (QED) is 0.565. The third kappa shape index (κ3) is 2.83. The second-order valence-corrected chi connectivity index (χ2v) is 3.94. The van der Waals surface area contributed by atoms with Gasteiger partial charge in [-0.05, 0) is 12.0 Å². The summed E-state index contributed by atoms with van der Waals surface area (Å²) >= 11 is 0. The Morgan fingerprint density at radius 1 is 1.38 bits per heavy atom. The lowest BCUT2D eigenvalue weighted by Gasteiger charge is -2.00. The van der Waals surface area contributed by atoms with Gasteiger partial charge in [-0.15, -0.1) is 0 Å². The summed E-state index contributed by atoms with van der Waals surface area (Å²) < 4.78 is 10.5. The standard InChI is InChI=1S/C13H16O3/c1-2-6-12(14)15-9-11-13(16-11)10-7-4-3-5-8-10/h3-5,7-8,11,13H,2,6,9H2,1H3. The minimum absolute atomic E-state index is 0.0446. The van der Waals surface area contributed by atoms with Gasteiger partial charge in [-0.2, -0.15) is 0 Å². The Labute approximate surface area is 95.4 Å². The molecule has 3 nitrogen and oxygen atoms in total. The molecule has 3 heteroatoms. The molecule has 0 N–H and O–H groups in total. The summed E-state index contributed by atoms with van der Waals surface area (Å²) in [7, 11) is 0. The van der Waals surface area contributed by atoms with Crippen molar-refractivity contribution in [3.8, 4) is 0 Å². The van der Waals surface area contributed by atoms with E-state index in [1.54, 1.807) is 0 Å². The molecule has 0 saturated carbocycles. The largest absolute Gasteiger partial charge is 0.463 e. The molecule has 0 bridgehead atoms. The summed E-state index contributed by atoms with van der Waals surface area (Å²) in [6.07, 6.45) is 1.47. The zero-order valence-electron chi connectivity index (χ0n) is 9.39. The van der Waals surface area contributed by atoms with Crippen LogP contribution in [0.5, 0.6) is 0 Å². The van der Waals surface area contributed by atoms with Crippen LogP contribution in [0.4, 0.5) is 0 Å². The first kappa shape index (κ1) is 11.1. The number of benzene rings is 1. The predicted molar refractivity (Wildman–Crippen MR) is 59.9 cm³/mol. The van der Waals surface area contributed by atoms with Crippen LogP contribution in [-0.4, -0.2) is 18.7 Å². The molecule has 1 fully saturated rings. The van der Waals surface area contributed by atoms with Crippen LogP contribution in [0.25, 0.3) is 0 Å². The van der Waals surface area contributed by atoms with Crippen LogP contribution < -0.4 is 0 Å². The van der Waals surface area contributed by atoms with Crippen molar-refractivity contribution < 1.29 is 14.3 Å². The molecule has 1 aliphatic rings. The van der Waals surface area contributed by atoms with E-state index in [4.69, 9.17) is 9.47 Å². The Hall–Kier alpha value is -1.35. The van der Waals surface area contributed by atoms with Crippen LogP contribution in [0.1, 0.15) is 31.4 Å². The molecule has 0 amide bonds. The topological polar surface area (TPSA) is 38.8 Å². The average molecular weight is 220 g/mol. The SMILES string of the molecule is CCCC(=O)OCC1OC1c1ccccc1. The van der Waals surface area contributed by atoms with Crippen molar-refractivity contribution in [1.82, 2.24) is 0 Å². The first-order chi connectivity index (χ1) is 7.81. The molecule has 1 saturated heterocycles. The highest BCUT2D eigenvalue weighted by molar-refractivity contribution is 5.69. The van der Waals surface area contributed by atoms with Gasteiger partial charge >= 0.3 is 5.97 Å². The highest BCUT2D eigenvalue weighted by atomic mass is 16.6. The lowest BCUT2D eigenvalue weighted by Crippen LogP contribution is -2.09. The van der Waals surface area contributed by atoms with Crippen molar-refractivity contribution in [1.29, 1.82) is 0 Å². The molecule has 2 unspecified atom stereocenters. The number of hydrogen-bond acceptors (Lipinski definition) is 3. The summed E-state index contributed by atoms with van der Waals surface area (Å²) in [6.45, 7) is 2.33. The van der Waals surface area contributed by atoms with E-state index in [1.165, 1.54) is 0 Å². The van der Waals surface area contributed by atoms with E-state index >= 15 is 0 Å². The molecule has 86 valence electrons. The van der Waals surface area contributed by atoms with Gasteiger partial charge in [0.1, 0.15) is 18.8 Å². The molecule has 0 aromatic heterocycles. The zero-order chi connectivity index (χ0) is 11.4. The molecule has 1 heterocycles. The van der Waals surface area contributed by atoms with E-state index in [0.717, 1.165) is 12.0 Å². The van der Waals surface area contributed by atoms with Crippen LogP contribution in [0.15, 0.2) is 30.3 Å². The summed E-state index contributed by atoms with van der Waals surface area (Å²) in [5.74, 6) is -0.134. The second-order valence-electron chi connectivity index (χ2n) is 3.94. The third-order valence-corrected chi connectivity index (χ3v) is 2.57. The van der Waals surface area contributed by atoms with Crippen LogP contribution in [-0.2, 0) is 14.3 Å². The Morgan fingerprint density at radius 3 is 2.81 bits per heavy atom. The fourth-order valence-corrected chi connectivity index (χ4v) is 1.66. The van der Waals surface area contributed by atoms with Gasteiger partial charge in [0, 0.05) is 6.42 Å². The average Bonchev–Trinajstić information content (AvgIpc) is 3.07. The number of esters is 1. The fourth-order valence-electron chi connectivity index (χ4n) is 1.66. The fraction of sp³-hybridized carbons (Fsp3) is 0.462.